The minimum atomic E-state index is -0.375. The van der Waals surface area contributed by atoms with Crippen LogP contribution in [0, 0.1) is 0 Å². The first-order valence-electron chi connectivity index (χ1n) is 23.4. The second kappa shape index (κ2) is 21.2. The number of rotatable bonds is 15. The quantitative estimate of drug-likeness (QED) is 0.0364. The van der Waals surface area contributed by atoms with Gasteiger partial charge in [-0.05, 0) is 123 Å². The summed E-state index contributed by atoms with van der Waals surface area (Å²) in [5, 5.41) is 18.3. The van der Waals surface area contributed by atoms with E-state index in [1.165, 1.54) is 6.08 Å². The maximum Gasteiger partial charge on any atom is 0.255 e. The average molecular weight is 1020 g/mol. The molecule has 74 heavy (non-hydrogen) atoms. The third kappa shape index (κ3) is 10.8. The van der Waals surface area contributed by atoms with E-state index in [0.29, 0.717) is 96.0 Å². The Morgan fingerprint density at radius 3 is 1.77 bits per heavy atom. The van der Waals surface area contributed by atoms with Gasteiger partial charge in [0.2, 0.25) is 5.91 Å². The summed E-state index contributed by atoms with van der Waals surface area (Å²) in [6.45, 7) is 0.636. The number of H-pyrrole nitrogens is 2. The van der Waals surface area contributed by atoms with Crippen LogP contribution in [0.5, 0.6) is 0 Å². The second-order valence-electron chi connectivity index (χ2n) is 17.6. The van der Waals surface area contributed by atoms with Crippen LogP contribution >= 0.6 is 23.2 Å². The monoisotopic (exact) mass is 1020 g/mol. The molecule has 3 amide bonds. The van der Waals surface area contributed by atoms with Gasteiger partial charge in [0.15, 0.2) is 0 Å². The van der Waals surface area contributed by atoms with E-state index in [1.54, 1.807) is 91.0 Å². The van der Waals surface area contributed by atoms with Gasteiger partial charge in [0, 0.05) is 114 Å². The van der Waals surface area contributed by atoms with Crippen molar-refractivity contribution in [2.24, 2.45) is 0 Å². The van der Waals surface area contributed by atoms with Crippen molar-refractivity contribution in [3.63, 3.8) is 0 Å². The van der Waals surface area contributed by atoms with Gasteiger partial charge in [0.05, 0.1) is 21.4 Å². The number of anilines is 8. The highest BCUT2D eigenvalue weighted by Gasteiger charge is 2.21. The number of nitrogens with two attached hydrogens (primary N) is 1. The summed E-state index contributed by atoms with van der Waals surface area (Å²) in [7, 11) is 3.84. The lowest BCUT2D eigenvalue weighted by atomic mass is 9.98. The molecule has 14 nitrogen and oxygen atoms in total. The number of aromatic amines is 2. The molecular weight excluding hydrogens is 970 g/mol. The molecule has 0 spiro atoms. The summed E-state index contributed by atoms with van der Waals surface area (Å²) in [6.07, 6.45) is 7.00. The molecule has 0 bridgehead atoms. The number of amides is 3. The zero-order valence-electron chi connectivity index (χ0n) is 39.9. The molecule has 366 valence electrons. The number of pyridine rings is 2. The number of aromatic nitrogens is 4. The number of likely N-dealkylation sites (N-methyl/N-ethyl adjacent to an activating group) is 1. The third-order valence-electron chi connectivity index (χ3n) is 12.0. The number of halogens is 2. The predicted octanol–water partition coefficient (Wildman–Crippen LogP) is 13.4. The topological polar surface area (TPSA) is 198 Å². The maximum atomic E-state index is 14.1. The maximum absolute atomic E-state index is 14.1. The Morgan fingerprint density at radius 1 is 0.554 bits per heavy atom. The highest BCUT2D eigenvalue weighted by Crippen LogP contribution is 2.42. The van der Waals surface area contributed by atoms with E-state index in [4.69, 9.17) is 38.9 Å². The molecule has 16 heteroatoms. The van der Waals surface area contributed by atoms with Gasteiger partial charge >= 0.3 is 0 Å². The number of nitrogens with one attached hydrogen (secondary N) is 7. The number of benzene rings is 6. The standard InChI is InChI=1S/C58H47Cl2N11O3/c1-71(2)27-9-18-53(72)66-36-22-19-34(20-23-36)57(73)67-39-12-8-11-38(30-39)65-52-31-44(54(60)56(70-52)46-33-63-50-17-6-4-15-42(46)50)43-28-35(21-25-48(43)61)58(74)68-40-13-7-10-37(29-40)64-51-26-24-47(59)55(69-51)45-32-62-49-16-5-3-14-41(45)49/h3-26,28-33,62-63H,27,61H2,1-2H3,(H,64,69)(H,65,70)(H,66,72)(H,67,73)(H,68,74)/b18-9+. The van der Waals surface area contributed by atoms with Crippen molar-refractivity contribution in [1.82, 2.24) is 24.8 Å². The third-order valence-corrected chi connectivity index (χ3v) is 12.7. The van der Waals surface area contributed by atoms with E-state index in [-0.39, 0.29) is 17.7 Å². The SMILES string of the molecule is CN(C)C/C=C/C(=O)Nc1ccc(C(=O)Nc2cccc(Nc3cc(-c4cc(C(=O)Nc5cccc(Nc6ccc(Cl)c(-c7c[nH]c8ccccc78)n6)c5)ccc4N)c(Cl)c(-c4c[nH]c5ccccc45)n3)c2)cc1. The van der Waals surface area contributed by atoms with Gasteiger partial charge in [-0.25, -0.2) is 9.97 Å². The van der Waals surface area contributed by atoms with E-state index in [1.807, 2.05) is 104 Å². The smallest absolute Gasteiger partial charge is 0.255 e. The molecule has 0 aliphatic carbocycles. The molecule has 4 aromatic heterocycles. The Bertz CT molecular complexity index is 3790. The molecular formula is C58H47Cl2N11O3. The van der Waals surface area contributed by atoms with Crippen LogP contribution in [0.15, 0.2) is 182 Å². The van der Waals surface area contributed by atoms with Crippen molar-refractivity contribution in [3.05, 3.63) is 203 Å². The van der Waals surface area contributed by atoms with E-state index in [2.05, 4.69) is 36.6 Å². The highest BCUT2D eigenvalue weighted by atomic mass is 35.5. The van der Waals surface area contributed by atoms with E-state index >= 15 is 0 Å². The molecule has 0 atom stereocenters. The van der Waals surface area contributed by atoms with Crippen LogP contribution < -0.4 is 32.3 Å². The van der Waals surface area contributed by atoms with Gasteiger partial charge < -0.3 is 47.2 Å². The van der Waals surface area contributed by atoms with E-state index < -0.39 is 0 Å². The Balaban J connectivity index is 0.892. The van der Waals surface area contributed by atoms with Crippen molar-refractivity contribution < 1.29 is 14.4 Å². The number of fused-ring (bicyclic) bond motifs is 2. The number of carbonyl (C=O) groups excluding carboxylic acids is 3. The van der Waals surface area contributed by atoms with Crippen LogP contribution in [0.1, 0.15) is 20.7 Å². The summed E-state index contributed by atoms with van der Waals surface area (Å²) in [4.78, 5) is 58.2. The molecule has 4 heterocycles. The fourth-order valence-corrected chi connectivity index (χ4v) is 8.95. The first kappa shape index (κ1) is 48.4. The van der Waals surface area contributed by atoms with Gasteiger partial charge in [0.25, 0.3) is 11.8 Å². The van der Waals surface area contributed by atoms with Crippen molar-refractivity contribution in [2.75, 3.05) is 53.0 Å². The Labute approximate surface area is 435 Å². The Hall–Kier alpha value is -9.21. The number of hydrogen-bond acceptors (Lipinski definition) is 9. The first-order valence-corrected chi connectivity index (χ1v) is 24.2. The molecule has 0 fully saturated rings. The van der Waals surface area contributed by atoms with Gasteiger partial charge in [-0.1, -0.05) is 77.8 Å². The van der Waals surface area contributed by atoms with Crippen molar-refractivity contribution in [2.45, 2.75) is 0 Å². The largest absolute Gasteiger partial charge is 0.398 e. The van der Waals surface area contributed by atoms with Gasteiger partial charge in [-0.15, -0.1) is 0 Å². The predicted molar refractivity (Wildman–Crippen MR) is 301 cm³/mol. The highest BCUT2D eigenvalue weighted by molar-refractivity contribution is 6.36. The van der Waals surface area contributed by atoms with Crippen molar-refractivity contribution in [1.29, 1.82) is 0 Å². The zero-order valence-corrected chi connectivity index (χ0v) is 41.4. The average Bonchev–Trinajstić information content (AvgIpc) is 4.03. The molecule has 6 aromatic carbocycles. The zero-order chi connectivity index (χ0) is 51.3. The molecule has 0 saturated heterocycles. The van der Waals surface area contributed by atoms with Crippen LogP contribution in [0.25, 0.3) is 55.4 Å². The van der Waals surface area contributed by atoms with Crippen LogP contribution in [0.3, 0.4) is 0 Å². The molecule has 10 aromatic rings. The van der Waals surface area contributed by atoms with Crippen LogP contribution in [-0.4, -0.2) is 63.2 Å². The van der Waals surface area contributed by atoms with E-state index in [0.717, 1.165) is 32.9 Å². The lowest BCUT2D eigenvalue weighted by Crippen LogP contribution is -2.13. The number of nitrogens with zero attached hydrogens (tertiary/aromatic N) is 3. The summed E-state index contributed by atoms with van der Waals surface area (Å²) < 4.78 is 0. The first-order chi connectivity index (χ1) is 35.9. The Kier molecular flexibility index (Phi) is 13.9. The molecule has 9 N–H and O–H groups in total. The summed E-state index contributed by atoms with van der Waals surface area (Å²) in [5.74, 6) is 0.0180. The van der Waals surface area contributed by atoms with Gasteiger partial charge in [-0.2, -0.15) is 0 Å². The molecule has 0 aliphatic heterocycles. The van der Waals surface area contributed by atoms with Crippen LogP contribution in [-0.2, 0) is 4.79 Å². The minimum Gasteiger partial charge on any atom is -0.398 e. The molecule has 0 aliphatic rings. The normalized spacial score (nSPS) is 11.3. The number of hydrogen-bond donors (Lipinski definition) is 8. The number of para-hydroxylation sites is 2. The molecule has 0 radical (unpaired) electrons. The van der Waals surface area contributed by atoms with Crippen molar-refractivity contribution >= 4 is 108 Å². The van der Waals surface area contributed by atoms with Gasteiger partial charge in [-0.3, -0.25) is 14.4 Å². The van der Waals surface area contributed by atoms with E-state index in [9.17, 15) is 14.4 Å². The van der Waals surface area contributed by atoms with Gasteiger partial charge in [0.1, 0.15) is 11.6 Å². The lowest BCUT2D eigenvalue weighted by molar-refractivity contribution is -0.111. The number of carbonyl (C=O) groups is 3. The lowest BCUT2D eigenvalue weighted by Gasteiger charge is -2.16. The molecule has 10 rings (SSSR count). The summed E-state index contributed by atoms with van der Waals surface area (Å²) >= 11 is 14.0. The van der Waals surface area contributed by atoms with Crippen LogP contribution in [0.4, 0.5) is 45.8 Å². The Morgan fingerprint density at radius 2 is 1.12 bits per heavy atom. The number of nitrogen functional groups attached to an aromatic ring is 1. The summed E-state index contributed by atoms with van der Waals surface area (Å²) in [6, 6.07) is 47.4. The van der Waals surface area contributed by atoms with Crippen LogP contribution in [0.2, 0.25) is 10.0 Å². The minimum absolute atomic E-state index is 0.262. The summed E-state index contributed by atoms with van der Waals surface area (Å²) in [5.41, 5.74) is 16.4. The second-order valence-corrected chi connectivity index (χ2v) is 18.4. The van der Waals surface area contributed by atoms with Crippen molar-refractivity contribution in [3.8, 4) is 33.6 Å². The fraction of sp³-hybridized carbons (Fsp3) is 0.0517. The molecule has 0 unspecified atom stereocenters. The fourth-order valence-electron chi connectivity index (χ4n) is 8.45. The molecule has 0 saturated carbocycles.